The summed E-state index contributed by atoms with van der Waals surface area (Å²) in [5.74, 6) is 1.37. The molecule has 0 aromatic heterocycles. The molecule has 1 rings (SSSR count). The minimum Gasteiger partial charge on any atom is -0.497 e. The van der Waals surface area contributed by atoms with Crippen molar-refractivity contribution in [3.05, 3.63) is 24.3 Å². The van der Waals surface area contributed by atoms with E-state index in [1.807, 2.05) is 12.1 Å². The van der Waals surface area contributed by atoms with Gasteiger partial charge >= 0.3 is 0 Å². The first kappa shape index (κ1) is 10.6. The molecule has 0 spiro atoms. The van der Waals surface area contributed by atoms with Gasteiger partial charge in [0.05, 0.1) is 7.11 Å². The maximum absolute atomic E-state index is 10.9. The Bertz CT molecular complexity index is 320. The van der Waals surface area contributed by atoms with Crippen LogP contribution in [0.25, 0.3) is 0 Å². The molecule has 76 valence electrons. The quantitative estimate of drug-likeness (QED) is 0.735. The SMILES string of the molecule is COc1cccc(OC(C)C(C)=O)c1. The van der Waals surface area contributed by atoms with Gasteiger partial charge in [-0.15, -0.1) is 0 Å². The highest BCUT2D eigenvalue weighted by molar-refractivity contribution is 5.80. The van der Waals surface area contributed by atoms with E-state index in [1.54, 1.807) is 26.2 Å². The predicted octanol–water partition coefficient (Wildman–Crippen LogP) is 2.05. The topological polar surface area (TPSA) is 35.5 Å². The van der Waals surface area contributed by atoms with Crippen molar-refractivity contribution in [1.29, 1.82) is 0 Å². The number of hydrogen-bond donors (Lipinski definition) is 0. The smallest absolute Gasteiger partial charge is 0.169 e. The number of ketones is 1. The van der Waals surface area contributed by atoms with Gasteiger partial charge in [0.15, 0.2) is 11.9 Å². The Hall–Kier alpha value is -1.51. The molecule has 0 amide bonds. The summed E-state index contributed by atoms with van der Waals surface area (Å²) in [5.41, 5.74) is 0. The normalized spacial score (nSPS) is 11.9. The summed E-state index contributed by atoms with van der Waals surface area (Å²) in [6, 6.07) is 7.19. The lowest BCUT2D eigenvalue weighted by Gasteiger charge is -2.11. The highest BCUT2D eigenvalue weighted by atomic mass is 16.5. The Morgan fingerprint density at radius 1 is 1.36 bits per heavy atom. The molecule has 0 N–H and O–H groups in total. The van der Waals surface area contributed by atoms with E-state index in [4.69, 9.17) is 9.47 Å². The van der Waals surface area contributed by atoms with Crippen LogP contribution in [-0.4, -0.2) is 19.0 Å². The standard InChI is InChI=1S/C11H14O3/c1-8(12)9(2)14-11-6-4-5-10(7-11)13-3/h4-7,9H,1-3H3. The lowest BCUT2D eigenvalue weighted by atomic mass is 10.3. The van der Waals surface area contributed by atoms with Crippen LogP contribution in [-0.2, 0) is 4.79 Å². The summed E-state index contributed by atoms with van der Waals surface area (Å²) in [6.45, 7) is 3.23. The Labute approximate surface area is 83.6 Å². The van der Waals surface area contributed by atoms with E-state index >= 15 is 0 Å². The maximum atomic E-state index is 10.9. The number of Topliss-reactive ketones (excluding diaryl/α,β-unsaturated/α-hetero) is 1. The van der Waals surface area contributed by atoms with Crippen LogP contribution in [0.1, 0.15) is 13.8 Å². The summed E-state index contributed by atoms with van der Waals surface area (Å²) >= 11 is 0. The van der Waals surface area contributed by atoms with Crippen LogP contribution in [0.5, 0.6) is 11.5 Å². The van der Waals surface area contributed by atoms with E-state index in [0.29, 0.717) is 5.75 Å². The van der Waals surface area contributed by atoms with Gasteiger partial charge in [0.2, 0.25) is 0 Å². The zero-order chi connectivity index (χ0) is 10.6. The third-order valence-corrected chi connectivity index (χ3v) is 1.93. The van der Waals surface area contributed by atoms with Gasteiger partial charge in [-0.1, -0.05) is 6.07 Å². The van der Waals surface area contributed by atoms with Gasteiger partial charge in [0.1, 0.15) is 11.5 Å². The molecular weight excluding hydrogens is 180 g/mol. The van der Waals surface area contributed by atoms with E-state index in [9.17, 15) is 4.79 Å². The van der Waals surface area contributed by atoms with Crippen LogP contribution < -0.4 is 9.47 Å². The largest absolute Gasteiger partial charge is 0.497 e. The van der Waals surface area contributed by atoms with Crippen LogP contribution in [0.2, 0.25) is 0 Å². The number of hydrogen-bond acceptors (Lipinski definition) is 3. The zero-order valence-electron chi connectivity index (χ0n) is 8.61. The summed E-state index contributed by atoms with van der Waals surface area (Å²) in [5, 5.41) is 0. The third kappa shape index (κ3) is 2.76. The summed E-state index contributed by atoms with van der Waals surface area (Å²) in [7, 11) is 1.59. The minimum atomic E-state index is -0.415. The van der Waals surface area contributed by atoms with E-state index in [-0.39, 0.29) is 5.78 Å². The van der Waals surface area contributed by atoms with E-state index < -0.39 is 6.10 Å². The third-order valence-electron chi connectivity index (χ3n) is 1.93. The number of methoxy groups -OCH3 is 1. The molecule has 0 radical (unpaired) electrons. The van der Waals surface area contributed by atoms with Gasteiger partial charge in [-0.05, 0) is 26.0 Å². The van der Waals surface area contributed by atoms with E-state index in [2.05, 4.69) is 0 Å². The Kier molecular flexibility index (Phi) is 3.51. The van der Waals surface area contributed by atoms with Crippen LogP contribution >= 0.6 is 0 Å². The average Bonchev–Trinajstić information content (AvgIpc) is 2.18. The molecule has 1 unspecified atom stereocenters. The fourth-order valence-electron chi connectivity index (χ4n) is 0.962. The summed E-state index contributed by atoms with van der Waals surface area (Å²) < 4.78 is 10.4. The lowest BCUT2D eigenvalue weighted by Crippen LogP contribution is -2.20. The van der Waals surface area contributed by atoms with Gasteiger partial charge in [0, 0.05) is 6.07 Å². The minimum absolute atomic E-state index is 0.00724. The Morgan fingerprint density at radius 3 is 2.57 bits per heavy atom. The fourth-order valence-corrected chi connectivity index (χ4v) is 0.962. The van der Waals surface area contributed by atoms with Gasteiger partial charge in [-0.25, -0.2) is 0 Å². The van der Waals surface area contributed by atoms with Crippen molar-refractivity contribution in [1.82, 2.24) is 0 Å². The van der Waals surface area contributed by atoms with Gasteiger partial charge in [-0.3, -0.25) is 4.79 Å². The second kappa shape index (κ2) is 4.65. The van der Waals surface area contributed by atoms with E-state index in [1.165, 1.54) is 6.92 Å². The molecule has 0 saturated carbocycles. The summed E-state index contributed by atoms with van der Waals surface area (Å²) in [4.78, 5) is 10.9. The first-order valence-electron chi connectivity index (χ1n) is 4.44. The number of benzene rings is 1. The first-order valence-corrected chi connectivity index (χ1v) is 4.44. The fraction of sp³-hybridized carbons (Fsp3) is 0.364. The average molecular weight is 194 g/mol. The second-order valence-electron chi connectivity index (χ2n) is 3.05. The number of carbonyl (C=O) groups is 1. The van der Waals surface area contributed by atoms with Gasteiger partial charge in [0.25, 0.3) is 0 Å². The van der Waals surface area contributed by atoms with Gasteiger partial charge in [-0.2, -0.15) is 0 Å². The van der Waals surface area contributed by atoms with Crippen molar-refractivity contribution >= 4 is 5.78 Å². The zero-order valence-corrected chi connectivity index (χ0v) is 8.61. The molecule has 0 heterocycles. The molecular formula is C11H14O3. The molecule has 0 aliphatic heterocycles. The van der Waals surface area contributed by atoms with Crippen molar-refractivity contribution in [2.45, 2.75) is 20.0 Å². The highest BCUT2D eigenvalue weighted by Crippen LogP contribution is 2.19. The van der Waals surface area contributed by atoms with E-state index in [0.717, 1.165) is 5.75 Å². The van der Waals surface area contributed by atoms with Crippen molar-refractivity contribution in [2.75, 3.05) is 7.11 Å². The molecule has 0 saturated heterocycles. The Morgan fingerprint density at radius 2 is 2.00 bits per heavy atom. The van der Waals surface area contributed by atoms with Crippen molar-refractivity contribution in [3.8, 4) is 11.5 Å². The molecule has 3 heteroatoms. The molecule has 3 nitrogen and oxygen atoms in total. The molecule has 1 atom stereocenters. The highest BCUT2D eigenvalue weighted by Gasteiger charge is 2.08. The number of carbonyl (C=O) groups excluding carboxylic acids is 1. The molecule has 14 heavy (non-hydrogen) atoms. The monoisotopic (exact) mass is 194 g/mol. The van der Waals surface area contributed by atoms with Gasteiger partial charge < -0.3 is 9.47 Å². The molecule has 0 bridgehead atoms. The molecule has 0 aliphatic rings. The molecule has 0 fully saturated rings. The molecule has 1 aromatic carbocycles. The molecule has 1 aromatic rings. The number of rotatable bonds is 4. The first-order chi connectivity index (χ1) is 6.63. The summed E-state index contributed by atoms with van der Waals surface area (Å²) in [6.07, 6.45) is -0.415. The van der Waals surface area contributed by atoms with Crippen LogP contribution in [0.4, 0.5) is 0 Å². The Balaban J connectivity index is 2.71. The number of ether oxygens (including phenoxy) is 2. The van der Waals surface area contributed by atoms with Crippen LogP contribution in [0, 0.1) is 0 Å². The van der Waals surface area contributed by atoms with Crippen LogP contribution in [0.3, 0.4) is 0 Å². The molecule has 0 aliphatic carbocycles. The second-order valence-corrected chi connectivity index (χ2v) is 3.05. The van der Waals surface area contributed by atoms with Crippen LogP contribution in [0.15, 0.2) is 24.3 Å². The van der Waals surface area contributed by atoms with Crippen molar-refractivity contribution in [3.63, 3.8) is 0 Å². The van der Waals surface area contributed by atoms with Crippen molar-refractivity contribution < 1.29 is 14.3 Å². The maximum Gasteiger partial charge on any atom is 0.169 e. The predicted molar refractivity (Wildman–Crippen MR) is 53.8 cm³/mol. The van der Waals surface area contributed by atoms with Crippen molar-refractivity contribution in [2.24, 2.45) is 0 Å². The lowest BCUT2D eigenvalue weighted by molar-refractivity contribution is -0.122.